The van der Waals surface area contributed by atoms with E-state index in [2.05, 4.69) is 32.0 Å². The lowest BCUT2D eigenvalue weighted by atomic mass is 9.55. The molecule has 8 fully saturated rings. The molecule has 0 aromatic heterocycles. The quantitative estimate of drug-likeness (QED) is 0.471. The predicted molar refractivity (Wildman–Crippen MR) is 124 cm³/mol. The Morgan fingerprint density at radius 3 is 1.41 bits per heavy atom. The summed E-state index contributed by atoms with van der Waals surface area (Å²) in [4.78, 5) is 0. The second-order valence-electron chi connectivity index (χ2n) is 12.5. The molecule has 9 rings (SSSR count). The summed E-state index contributed by atoms with van der Waals surface area (Å²) in [5, 5.41) is 1.87. The lowest BCUT2D eigenvalue weighted by Gasteiger charge is -2.62. The Labute approximate surface area is 179 Å². The van der Waals surface area contributed by atoms with Crippen molar-refractivity contribution in [1.29, 1.82) is 0 Å². The van der Waals surface area contributed by atoms with E-state index in [-0.39, 0.29) is 7.92 Å². The average Bonchev–Trinajstić information content (AvgIpc) is 2.67. The molecule has 0 nitrogen and oxygen atoms in total. The van der Waals surface area contributed by atoms with Crippen LogP contribution in [0.3, 0.4) is 0 Å². The van der Waals surface area contributed by atoms with Gasteiger partial charge in [-0.1, -0.05) is 26.1 Å². The molecule has 1 aromatic carbocycles. The van der Waals surface area contributed by atoms with Crippen LogP contribution in [0.1, 0.15) is 75.3 Å². The van der Waals surface area contributed by atoms with Crippen molar-refractivity contribution in [3.8, 4) is 0 Å². The minimum absolute atomic E-state index is 0.00739. The van der Waals surface area contributed by atoms with Crippen LogP contribution in [-0.4, -0.2) is 11.3 Å². The lowest BCUT2D eigenvalue weighted by Crippen LogP contribution is -2.54. The summed E-state index contributed by atoms with van der Waals surface area (Å²) in [5.41, 5.74) is 5.41. The van der Waals surface area contributed by atoms with Gasteiger partial charge in [0.2, 0.25) is 0 Å². The van der Waals surface area contributed by atoms with E-state index in [9.17, 15) is 0 Å². The fraction of sp³-hybridized carbons (Fsp3) is 0.786. The van der Waals surface area contributed by atoms with Gasteiger partial charge in [0.05, 0.1) is 0 Å². The Balaban J connectivity index is 1.34. The summed E-state index contributed by atoms with van der Waals surface area (Å²) in [6.45, 7) is 4.85. The molecule has 0 saturated heterocycles. The van der Waals surface area contributed by atoms with Crippen molar-refractivity contribution in [2.45, 2.75) is 89.4 Å². The highest BCUT2D eigenvalue weighted by Gasteiger charge is 2.57. The predicted octanol–water partition coefficient (Wildman–Crippen LogP) is 7.06. The number of hydrogen-bond donors (Lipinski definition) is 0. The third-order valence-corrected chi connectivity index (χ3v) is 14.9. The molecule has 0 aliphatic heterocycles. The number of rotatable bonds is 3. The SMILES string of the molecule is Cc1cccc(P(C2C3CC4CC(C3)CC2C4)C2C3CC4CC(C3)CC2C4)c1C. The van der Waals surface area contributed by atoms with E-state index in [0.717, 1.165) is 58.7 Å². The lowest BCUT2D eigenvalue weighted by molar-refractivity contribution is 0.0136. The van der Waals surface area contributed by atoms with Crippen LogP contribution in [-0.2, 0) is 0 Å². The summed E-state index contributed by atoms with van der Waals surface area (Å²) in [6.07, 6.45) is 16.0. The van der Waals surface area contributed by atoms with Crippen molar-refractivity contribution in [1.82, 2.24) is 0 Å². The van der Waals surface area contributed by atoms with Crippen LogP contribution in [0.5, 0.6) is 0 Å². The average molecular weight is 407 g/mol. The summed E-state index contributed by atoms with van der Waals surface area (Å²) in [6, 6.07) is 7.41. The van der Waals surface area contributed by atoms with Crippen LogP contribution in [0, 0.1) is 61.2 Å². The Bertz CT molecular complexity index is 711. The standard InChI is InChI=1S/C28H39P/c1-16-4-3-5-26(17(16)2)29(27-22-8-18-6-19(10-22)11-23(27)9-18)28-24-12-20-7-21(14-24)15-25(28)13-20/h3-5,18-25,27-28H,6-15H2,1-2H3. The third kappa shape index (κ3) is 2.73. The van der Waals surface area contributed by atoms with Crippen LogP contribution < -0.4 is 5.30 Å². The fourth-order valence-corrected chi connectivity index (χ4v) is 14.9. The van der Waals surface area contributed by atoms with E-state index in [4.69, 9.17) is 0 Å². The van der Waals surface area contributed by atoms with Crippen LogP contribution >= 0.6 is 7.92 Å². The van der Waals surface area contributed by atoms with Gasteiger partial charge in [0.15, 0.2) is 0 Å². The summed E-state index contributed by atoms with van der Waals surface area (Å²) < 4.78 is 0. The van der Waals surface area contributed by atoms with Gasteiger partial charge >= 0.3 is 0 Å². The molecule has 8 aliphatic rings. The molecular formula is C28H39P. The van der Waals surface area contributed by atoms with Gasteiger partial charge in [0.25, 0.3) is 0 Å². The summed E-state index contributed by atoms with van der Waals surface area (Å²) in [7, 11) is 0.00739. The molecule has 1 heteroatoms. The maximum absolute atomic E-state index is 2.62. The normalized spacial score (nSPS) is 50.3. The van der Waals surface area contributed by atoms with Crippen LogP contribution in [0.4, 0.5) is 0 Å². The van der Waals surface area contributed by atoms with Gasteiger partial charge < -0.3 is 0 Å². The van der Waals surface area contributed by atoms with Gasteiger partial charge in [-0.3, -0.25) is 0 Å². The molecule has 0 spiro atoms. The van der Waals surface area contributed by atoms with Gasteiger partial charge in [0, 0.05) is 0 Å². The van der Waals surface area contributed by atoms with Crippen molar-refractivity contribution in [3.63, 3.8) is 0 Å². The Morgan fingerprint density at radius 2 is 1.00 bits per heavy atom. The molecule has 0 atom stereocenters. The molecule has 156 valence electrons. The van der Waals surface area contributed by atoms with Gasteiger partial charge in [-0.15, -0.1) is 0 Å². The smallest absolute Gasteiger partial charge is 0.0109 e. The molecule has 8 saturated carbocycles. The molecule has 0 amide bonds. The molecule has 0 radical (unpaired) electrons. The van der Waals surface area contributed by atoms with Crippen LogP contribution in [0.2, 0.25) is 0 Å². The highest BCUT2D eigenvalue weighted by molar-refractivity contribution is 7.67. The van der Waals surface area contributed by atoms with Crippen molar-refractivity contribution in [2.75, 3.05) is 0 Å². The maximum Gasteiger partial charge on any atom is -0.0109 e. The third-order valence-electron chi connectivity index (χ3n) is 10.9. The molecular weight excluding hydrogens is 367 g/mol. The van der Waals surface area contributed by atoms with E-state index in [1.165, 1.54) is 0 Å². The minimum atomic E-state index is 0.00739. The van der Waals surface area contributed by atoms with Crippen molar-refractivity contribution in [3.05, 3.63) is 29.3 Å². The van der Waals surface area contributed by atoms with Gasteiger partial charge in [0.1, 0.15) is 0 Å². The molecule has 1 aromatic rings. The zero-order valence-corrected chi connectivity index (χ0v) is 19.4. The summed E-state index contributed by atoms with van der Waals surface area (Å²) in [5.74, 6) is 8.82. The molecule has 8 aliphatic carbocycles. The fourth-order valence-electron chi connectivity index (χ4n) is 10.2. The number of aryl methyl sites for hydroxylation is 1. The highest BCUT2D eigenvalue weighted by atomic mass is 31.1. The van der Waals surface area contributed by atoms with E-state index in [1.54, 1.807) is 75.3 Å². The highest BCUT2D eigenvalue weighted by Crippen LogP contribution is 2.70. The minimum Gasteiger partial charge on any atom is -0.0675 e. The maximum atomic E-state index is 2.62. The first-order valence-corrected chi connectivity index (χ1v) is 14.5. The topological polar surface area (TPSA) is 0 Å². The zero-order valence-electron chi connectivity index (χ0n) is 18.5. The molecule has 0 unspecified atom stereocenters. The zero-order chi connectivity index (χ0) is 19.3. The first-order valence-electron chi connectivity index (χ1n) is 13.0. The largest absolute Gasteiger partial charge is 0.0675 e. The van der Waals surface area contributed by atoms with Crippen LogP contribution in [0.25, 0.3) is 0 Å². The first kappa shape index (κ1) is 18.2. The van der Waals surface area contributed by atoms with Crippen LogP contribution in [0.15, 0.2) is 18.2 Å². The molecule has 8 bridgehead atoms. The van der Waals surface area contributed by atoms with Gasteiger partial charge in [-0.25, -0.2) is 0 Å². The van der Waals surface area contributed by atoms with Crippen molar-refractivity contribution < 1.29 is 0 Å². The first-order chi connectivity index (χ1) is 14.1. The van der Waals surface area contributed by atoms with E-state index in [1.807, 2.05) is 5.30 Å². The van der Waals surface area contributed by atoms with E-state index >= 15 is 0 Å². The summed E-state index contributed by atoms with van der Waals surface area (Å²) >= 11 is 0. The molecule has 0 heterocycles. The van der Waals surface area contributed by atoms with Crippen molar-refractivity contribution >= 4 is 13.2 Å². The number of benzene rings is 1. The molecule has 29 heavy (non-hydrogen) atoms. The Morgan fingerprint density at radius 1 is 0.586 bits per heavy atom. The Kier molecular flexibility index (Phi) is 4.14. The Hall–Kier alpha value is -0.350. The molecule has 0 N–H and O–H groups in total. The van der Waals surface area contributed by atoms with E-state index < -0.39 is 0 Å². The second kappa shape index (κ2) is 6.58. The monoisotopic (exact) mass is 406 g/mol. The van der Waals surface area contributed by atoms with Crippen molar-refractivity contribution in [2.24, 2.45) is 47.3 Å². The number of hydrogen-bond acceptors (Lipinski definition) is 0. The van der Waals surface area contributed by atoms with Gasteiger partial charge in [-0.2, -0.15) is 0 Å². The second-order valence-corrected chi connectivity index (χ2v) is 15.0. The van der Waals surface area contributed by atoms with E-state index in [0.29, 0.717) is 0 Å². The van der Waals surface area contributed by atoms with Gasteiger partial charge in [-0.05, 0) is 153 Å².